The lowest BCUT2D eigenvalue weighted by Crippen LogP contribution is -2.41. The fraction of sp³-hybridized carbons (Fsp3) is 0.533. The lowest BCUT2D eigenvalue weighted by atomic mass is 10.2. The number of hydrogen-bond donors (Lipinski definition) is 3. The van der Waals surface area contributed by atoms with Crippen LogP contribution in [-0.2, 0) is 0 Å². The van der Waals surface area contributed by atoms with Crippen LogP contribution >= 0.6 is 0 Å². The molecule has 0 bridgehead atoms. The third kappa shape index (κ3) is 5.86. The predicted molar refractivity (Wildman–Crippen MR) is 85.9 cm³/mol. The molecular formula is C15H26N2O2Si. The van der Waals surface area contributed by atoms with Crippen molar-refractivity contribution in [3.8, 4) is 0 Å². The quantitative estimate of drug-likeness (QED) is 0.499. The van der Waals surface area contributed by atoms with Gasteiger partial charge in [0.05, 0.1) is 0 Å². The van der Waals surface area contributed by atoms with Gasteiger partial charge in [-0.3, -0.25) is 4.79 Å². The van der Waals surface area contributed by atoms with Crippen LogP contribution in [0.2, 0.25) is 13.1 Å². The van der Waals surface area contributed by atoms with Crippen LogP contribution in [0.25, 0.3) is 0 Å². The molecule has 0 aliphatic heterocycles. The summed E-state index contributed by atoms with van der Waals surface area (Å²) in [4.78, 5) is 21.9. The molecule has 0 fully saturated rings. The van der Waals surface area contributed by atoms with Crippen LogP contribution < -0.4 is 15.8 Å². The molecule has 20 heavy (non-hydrogen) atoms. The van der Waals surface area contributed by atoms with Gasteiger partial charge in [0.25, 0.3) is 5.91 Å². The fourth-order valence-corrected chi connectivity index (χ4v) is 2.92. The molecule has 1 amide bonds. The van der Waals surface area contributed by atoms with Crippen molar-refractivity contribution in [1.29, 1.82) is 0 Å². The Morgan fingerprint density at radius 1 is 1.10 bits per heavy atom. The van der Waals surface area contributed by atoms with E-state index in [0.29, 0.717) is 12.1 Å². The second-order valence-corrected chi connectivity index (χ2v) is 9.25. The van der Waals surface area contributed by atoms with Crippen LogP contribution in [0.3, 0.4) is 0 Å². The maximum absolute atomic E-state index is 11.9. The minimum Gasteiger partial charge on any atom is -0.428 e. The molecule has 0 unspecified atom stereocenters. The second-order valence-electron chi connectivity index (χ2n) is 5.56. The first-order valence-corrected chi connectivity index (χ1v) is 10.2. The van der Waals surface area contributed by atoms with E-state index in [1.807, 2.05) is 32.3 Å². The maximum atomic E-state index is 11.9. The molecule has 0 heterocycles. The van der Waals surface area contributed by atoms with E-state index in [1.54, 1.807) is 12.1 Å². The van der Waals surface area contributed by atoms with Gasteiger partial charge in [0.2, 0.25) is 8.32 Å². The summed E-state index contributed by atoms with van der Waals surface area (Å²) in [6.45, 7) is 5.47. The lowest BCUT2D eigenvalue weighted by Gasteiger charge is -2.14. The molecule has 5 heteroatoms. The Labute approximate surface area is 122 Å². The van der Waals surface area contributed by atoms with E-state index in [2.05, 4.69) is 10.6 Å². The number of benzene rings is 1. The molecule has 112 valence electrons. The third-order valence-electron chi connectivity index (χ3n) is 3.24. The van der Waals surface area contributed by atoms with E-state index in [-0.39, 0.29) is 5.91 Å². The zero-order valence-corrected chi connectivity index (χ0v) is 13.7. The van der Waals surface area contributed by atoms with E-state index in [9.17, 15) is 9.59 Å². The summed E-state index contributed by atoms with van der Waals surface area (Å²) in [7, 11) is -0.326. The standard InChI is InChI=1S/C15H26N2O2Si/c1-16-11-5-4-6-12-17-15(18)13-7-9-14(10-8-13)20(2,3)19/h7-10,16,19H,4-6,11-12H2,1-3H3,(H,17,18). The molecule has 3 N–H and O–H groups in total. The van der Waals surface area contributed by atoms with E-state index in [1.165, 1.54) is 0 Å². The number of unbranched alkanes of at least 4 members (excludes halogenated alkanes) is 2. The fourth-order valence-electron chi connectivity index (χ4n) is 1.94. The number of carbonyl (C=O) groups excluding carboxylic acids is 1. The number of rotatable bonds is 8. The van der Waals surface area contributed by atoms with Crippen LogP contribution in [0.4, 0.5) is 0 Å². The van der Waals surface area contributed by atoms with Crippen molar-refractivity contribution in [2.75, 3.05) is 20.1 Å². The highest BCUT2D eigenvalue weighted by atomic mass is 28.4. The first-order valence-electron chi connectivity index (χ1n) is 7.21. The Balaban J connectivity index is 2.37. The molecule has 0 saturated heterocycles. The van der Waals surface area contributed by atoms with Gasteiger partial charge in [-0.05, 0) is 56.8 Å². The number of nitrogens with one attached hydrogen (secondary N) is 2. The summed E-state index contributed by atoms with van der Waals surface area (Å²) >= 11 is 0. The zero-order chi connectivity index (χ0) is 15.0. The zero-order valence-electron chi connectivity index (χ0n) is 12.7. The number of carbonyl (C=O) groups is 1. The molecule has 0 spiro atoms. The van der Waals surface area contributed by atoms with Gasteiger partial charge in [0.15, 0.2) is 0 Å². The largest absolute Gasteiger partial charge is 0.428 e. The molecule has 0 atom stereocenters. The van der Waals surface area contributed by atoms with Crippen LogP contribution in [0, 0.1) is 0 Å². The van der Waals surface area contributed by atoms with Gasteiger partial charge in [0.1, 0.15) is 0 Å². The van der Waals surface area contributed by atoms with Crippen molar-refractivity contribution >= 4 is 19.4 Å². The van der Waals surface area contributed by atoms with Gasteiger partial charge >= 0.3 is 0 Å². The molecule has 1 aromatic rings. The summed E-state index contributed by atoms with van der Waals surface area (Å²) in [5.74, 6) is -0.0393. The minimum absolute atomic E-state index is 0.0393. The molecule has 1 rings (SSSR count). The molecule has 4 nitrogen and oxygen atoms in total. The van der Waals surface area contributed by atoms with E-state index in [4.69, 9.17) is 0 Å². The monoisotopic (exact) mass is 294 g/mol. The topological polar surface area (TPSA) is 61.4 Å². The molecule has 0 aromatic heterocycles. The number of hydrogen-bond acceptors (Lipinski definition) is 3. The second kappa shape index (κ2) is 8.19. The SMILES string of the molecule is CNCCCCCNC(=O)c1ccc([Si](C)(C)O)cc1. The van der Waals surface area contributed by atoms with Crippen molar-refractivity contribution < 1.29 is 9.59 Å². The Kier molecular flexibility index (Phi) is 6.91. The highest BCUT2D eigenvalue weighted by Gasteiger charge is 2.19. The van der Waals surface area contributed by atoms with Crippen LogP contribution in [0.15, 0.2) is 24.3 Å². The van der Waals surface area contributed by atoms with Gasteiger partial charge < -0.3 is 15.4 Å². The van der Waals surface area contributed by atoms with Crippen molar-refractivity contribution in [3.63, 3.8) is 0 Å². The Hall–Kier alpha value is -1.17. The highest BCUT2D eigenvalue weighted by molar-refractivity contribution is 6.83. The molecule has 1 aromatic carbocycles. The summed E-state index contributed by atoms with van der Waals surface area (Å²) in [6.07, 6.45) is 3.25. The Bertz CT molecular complexity index is 413. The minimum atomic E-state index is -2.27. The normalized spacial score (nSPS) is 11.4. The molecule has 0 aliphatic rings. The average Bonchev–Trinajstić information content (AvgIpc) is 2.41. The van der Waals surface area contributed by atoms with Crippen LogP contribution in [-0.4, -0.2) is 39.2 Å². The van der Waals surface area contributed by atoms with Gasteiger partial charge in [0, 0.05) is 12.1 Å². The molecular weight excluding hydrogens is 268 g/mol. The first-order chi connectivity index (χ1) is 9.45. The summed E-state index contributed by atoms with van der Waals surface area (Å²) in [5, 5.41) is 6.98. The molecule has 0 aliphatic carbocycles. The van der Waals surface area contributed by atoms with Crippen molar-refractivity contribution in [2.45, 2.75) is 32.4 Å². The van der Waals surface area contributed by atoms with Crippen LogP contribution in [0.5, 0.6) is 0 Å². The van der Waals surface area contributed by atoms with Crippen LogP contribution in [0.1, 0.15) is 29.6 Å². The lowest BCUT2D eigenvalue weighted by molar-refractivity contribution is 0.0953. The van der Waals surface area contributed by atoms with Crippen molar-refractivity contribution in [3.05, 3.63) is 29.8 Å². The summed E-state index contributed by atoms with van der Waals surface area (Å²) in [6, 6.07) is 7.29. The molecule has 0 saturated carbocycles. The maximum Gasteiger partial charge on any atom is 0.251 e. The van der Waals surface area contributed by atoms with Crippen molar-refractivity contribution in [1.82, 2.24) is 10.6 Å². The Morgan fingerprint density at radius 2 is 1.70 bits per heavy atom. The van der Waals surface area contributed by atoms with E-state index < -0.39 is 8.32 Å². The highest BCUT2D eigenvalue weighted by Crippen LogP contribution is 2.03. The predicted octanol–water partition coefficient (Wildman–Crippen LogP) is 1.21. The first kappa shape index (κ1) is 16.9. The van der Waals surface area contributed by atoms with Gasteiger partial charge in [-0.25, -0.2) is 0 Å². The Morgan fingerprint density at radius 3 is 2.25 bits per heavy atom. The average molecular weight is 294 g/mol. The van der Waals surface area contributed by atoms with Gasteiger partial charge in [-0.2, -0.15) is 0 Å². The van der Waals surface area contributed by atoms with Gasteiger partial charge in [-0.1, -0.05) is 18.6 Å². The third-order valence-corrected chi connectivity index (χ3v) is 4.99. The van der Waals surface area contributed by atoms with Crippen molar-refractivity contribution in [2.24, 2.45) is 0 Å². The van der Waals surface area contributed by atoms with E-state index >= 15 is 0 Å². The molecule has 0 radical (unpaired) electrons. The number of amides is 1. The summed E-state index contributed by atoms with van der Waals surface area (Å²) < 4.78 is 0. The summed E-state index contributed by atoms with van der Waals surface area (Å²) in [5.41, 5.74) is 0.655. The van der Waals surface area contributed by atoms with E-state index in [0.717, 1.165) is 31.0 Å². The van der Waals surface area contributed by atoms with Gasteiger partial charge in [-0.15, -0.1) is 0 Å². The smallest absolute Gasteiger partial charge is 0.251 e.